The summed E-state index contributed by atoms with van der Waals surface area (Å²) in [6, 6.07) is 5.69. The summed E-state index contributed by atoms with van der Waals surface area (Å²) in [5, 5.41) is 10.1. The SMILES string of the molecule is CCOc1ccc(CCC(=O)Nc2nc(SCC)n[nH]2)cc1OC. The molecule has 1 amide bonds. The molecule has 2 N–H and O–H groups in total. The molecule has 7 nitrogen and oxygen atoms in total. The van der Waals surface area contributed by atoms with E-state index in [0.29, 0.717) is 42.1 Å². The van der Waals surface area contributed by atoms with E-state index in [4.69, 9.17) is 9.47 Å². The molecule has 0 radical (unpaired) electrons. The number of hydrogen-bond acceptors (Lipinski definition) is 6. The van der Waals surface area contributed by atoms with Crippen molar-refractivity contribution in [2.75, 3.05) is 24.8 Å². The van der Waals surface area contributed by atoms with E-state index in [0.717, 1.165) is 11.3 Å². The molecular weight excluding hydrogens is 328 g/mol. The number of H-pyrrole nitrogens is 1. The minimum Gasteiger partial charge on any atom is -0.493 e. The Morgan fingerprint density at radius 2 is 2.17 bits per heavy atom. The zero-order chi connectivity index (χ0) is 17.4. The van der Waals surface area contributed by atoms with Crippen LogP contribution in [0.3, 0.4) is 0 Å². The van der Waals surface area contributed by atoms with Gasteiger partial charge in [0.1, 0.15) is 0 Å². The Balaban J connectivity index is 1.88. The molecule has 0 aliphatic rings. The second-order valence-electron chi connectivity index (χ2n) is 4.87. The number of ether oxygens (including phenoxy) is 2. The normalized spacial score (nSPS) is 10.5. The van der Waals surface area contributed by atoms with Gasteiger partial charge in [-0.15, -0.1) is 5.10 Å². The fourth-order valence-electron chi connectivity index (χ4n) is 2.09. The van der Waals surface area contributed by atoms with E-state index in [1.165, 1.54) is 11.8 Å². The van der Waals surface area contributed by atoms with Crippen LogP contribution in [0.4, 0.5) is 5.95 Å². The minimum absolute atomic E-state index is 0.118. The number of methoxy groups -OCH3 is 1. The standard InChI is InChI=1S/C16H22N4O3S/c1-4-23-12-8-6-11(10-13(12)22-3)7-9-14(21)17-15-18-16(20-19-15)24-5-2/h6,8,10H,4-5,7,9H2,1-3H3,(H2,17,18,19,20,21). The van der Waals surface area contributed by atoms with E-state index >= 15 is 0 Å². The van der Waals surface area contributed by atoms with Gasteiger partial charge in [0.15, 0.2) is 11.5 Å². The Morgan fingerprint density at radius 1 is 1.33 bits per heavy atom. The lowest BCUT2D eigenvalue weighted by Crippen LogP contribution is -2.13. The number of nitrogens with zero attached hydrogens (tertiary/aromatic N) is 2. The van der Waals surface area contributed by atoms with E-state index in [2.05, 4.69) is 20.5 Å². The lowest BCUT2D eigenvalue weighted by Gasteiger charge is -2.10. The molecule has 1 aromatic carbocycles. The van der Waals surface area contributed by atoms with Gasteiger partial charge < -0.3 is 9.47 Å². The number of carbonyl (C=O) groups excluding carboxylic acids is 1. The molecule has 0 aliphatic carbocycles. The van der Waals surface area contributed by atoms with E-state index in [1.807, 2.05) is 32.0 Å². The zero-order valence-electron chi connectivity index (χ0n) is 14.1. The van der Waals surface area contributed by atoms with E-state index in [-0.39, 0.29) is 5.91 Å². The number of amides is 1. The first-order valence-corrected chi connectivity index (χ1v) is 8.79. The number of nitrogens with one attached hydrogen (secondary N) is 2. The molecule has 0 saturated heterocycles. The maximum atomic E-state index is 12.0. The van der Waals surface area contributed by atoms with Crippen LogP contribution < -0.4 is 14.8 Å². The summed E-state index contributed by atoms with van der Waals surface area (Å²) in [6.45, 7) is 4.52. The first-order valence-electron chi connectivity index (χ1n) is 7.81. The maximum Gasteiger partial charge on any atom is 0.227 e. The van der Waals surface area contributed by atoms with Gasteiger partial charge in [0, 0.05) is 6.42 Å². The van der Waals surface area contributed by atoms with Crippen LogP contribution in [0.1, 0.15) is 25.8 Å². The number of aryl methyl sites for hydroxylation is 1. The summed E-state index contributed by atoms with van der Waals surface area (Å²) in [5.41, 5.74) is 1.00. The van der Waals surface area contributed by atoms with Gasteiger partial charge in [-0.05, 0) is 36.8 Å². The number of thioether (sulfide) groups is 1. The number of aromatic amines is 1. The van der Waals surface area contributed by atoms with Gasteiger partial charge >= 0.3 is 0 Å². The monoisotopic (exact) mass is 350 g/mol. The molecule has 1 heterocycles. The molecule has 1 aromatic heterocycles. The van der Waals surface area contributed by atoms with Crippen molar-refractivity contribution < 1.29 is 14.3 Å². The van der Waals surface area contributed by atoms with Crippen LogP contribution in [0.25, 0.3) is 0 Å². The van der Waals surface area contributed by atoms with Crippen molar-refractivity contribution in [3.63, 3.8) is 0 Å². The zero-order valence-corrected chi connectivity index (χ0v) is 14.9. The molecule has 24 heavy (non-hydrogen) atoms. The highest BCUT2D eigenvalue weighted by Gasteiger charge is 2.10. The van der Waals surface area contributed by atoms with Crippen LogP contribution in [-0.2, 0) is 11.2 Å². The number of benzene rings is 1. The fraction of sp³-hybridized carbons (Fsp3) is 0.438. The van der Waals surface area contributed by atoms with E-state index in [1.54, 1.807) is 7.11 Å². The Morgan fingerprint density at radius 3 is 2.88 bits per heavy atom. The summed E-state index contributed by atoms with van der Waals surface area (Å²) in [5.74, 6) is 2.51. The summed E-state index contributed by atoms with van der Waals surface area (Å²) in [4.78, 5) is 16.2. The van der Waals surface area contributed by atoms with Crippen molar-refractivity contribution in [2.45, 2.75) is 31.8 Å². The van der Waals surface area contributed by atoms with Crippen molar-refractivity contribution in [3.05, 3.63) is 23.8 Å². The van der Waals surface area contributed by atoms with Crippen molar-refractivity contribution >= 4 is 23.6 Å². The molecule has 0 unspecified atom stereocenters. The van der Waals surface area contributed by atoms with Gasteiger partial charge in [-0.25, -0.2) is 5.10 Å². The topological polar surface area (TPSA) is 89.1 Å². The molecule has 0 fully saturated rings. The van der Waals surface area contributed by atoms with Gasteiger partial charge in [0.25, 0.3) is 0 Å². The number of hydrogen-bond donors (Lipinski definition) is 2. The van der Waals surface area contributed by atoms with Crippen LogP contribution in [0.5, 0.6) is 11.5 Å². The molecule has 0 spiro atoms. The lowest BCUT2D eigenvalue weighted by molar-refractivity contribution is -0.116. The summed E-state index contributed by atoms with van der Waals surface area (Å²) in [7, 11) is 1.60. The Hall–Kier alpha value is -2.22. The van der Waals surface area contributed by atoms with E-state index < -0.39 is 0 Å². The van der Waals surface area contributed by atoms with Crippen LogP contribution in [0.2, 0.25) is 0 Å². The molecule has 130 valence electrons. The van der Waals surface area contributed by atoms with Gasteiger partial charge in [-0.3, -0.25) is 10.1 Å². The number of rotatable bonds is 9. The third-order valence-corrected chi connectivity index (χ3v) is 3.89. The summed E-state index contributed by atoms with van der Waals surface area (Å²) in [6.07, 6.45) is 0.938. The molecule has 8 heteroatoms. The third kappa shape index (κ3) is 5.16. The molecule has 2 rings (SSSR count). The van der Waals surface area contributed by atoms with Gasteiger partial charge in [0.05, 0.1) is 13.7 Å². The third-order valence-electron chi connectivity index (χ3n) is 3.16. The minimum atomic E-state index is -0.118. The van der Waals surface area contributed by atoms with Crippen LogP contribution in [0.15, 0.2) is 23.4 Å². The van der Waals surface area contributed by atoms with Crippen molar-refractivity contribution in [3.8, 4) is 11.5 Å². The quantitative estimate of drug-likeness (QED) is 0.676. The summed E-state index contributed by atoms with van der Waals surface area (Å²) >= 11 is 1.51. The van der Waals surface area contributed by atoms with Crippen molar-refractivity contribution in [1.29, 1.82) is 0 Å². The first kappa shape index (κ1) is 18.1. The average molecular weight is 350 g/mol. The van der Waals surface area contributed by atoms with Crippen molar-refractivity contribution in [1.82, 2.24) is 15.2 Å². The molecule has 0 saturated carbocycles. The molecule has 0 aliphatic heterocycles. The number of carbonyl (C=O) groups is 1. The predicted octanol–water partition coefficient (Wildman–Crippen LogP) is 2.90. The Bertz CT molecular complexity index is 675. The highest BCUT2D eigenvalue weighted by Crippen LogP contribution is 2.28. The Labute approximate surface area is 145 Å². The van der Waals surface area contributed by atoms with E-state index in [9.17, 15) is 4.79 Å². The highest BCUT2D eigenvalue weighted by atomic mass is 32.2. The second kappa shape index (κ2) is 9.17. The van der Waals surface area contributed by atoms with Gasteiger partial charge in [-0.1, -0.05) is 24.8 Å². The molecular formula is C16H22N4O3S. The molecule has 2 aromatic rings. The van der Waals surface area contributed by atoms with Crippen LogP contribution in [0, 0.1) is 0 Å². The highest BCUT2D eigenvalue weighted by molar-refractivity contribution is 7.99. The van der Waals surface area contributed by atoms with Crippen LogP contribution in [-0.4, -0.2) is 40.6 Å². The van der Waals surface area contributed by atoms with Gasteiger partial charge in [-0.2, -0.15) is 4.98 Å². The van der Waals surface area contributed by atoms with Gasteiger partial charge in [0.2, 0.25) is 17.0 Å². The lowest BCUT2D eigenvalue weighted by atomic mass is 10.1. The second-order valence-corrected chi connectivity index (χ2v) is 6.10. The number of aromatic nitrogens is 3. The smallest absolute Gasteiger partial charge is 0.227 e. The Kier molecular flexibility index (Phi) is 6.92. The fourth-order valence-corrected chi connectivity index (χ4v) is 2.61. The molecule has 0 atom stereocenters. The summed E-state index contributed by atoms with van der Waals surface area (Å²) < 4.78 is 10.8. The average Bonchev–Trinajstić information content (AvgIpc) is 3.01. The maximum absolute atomic E-state index is 12.0. The van der Waals surface area contributed by atoms with Crippen molar-refractivity contribution in [2.24, 2.45) is 0 Å². The number of anilines is 1. The first-order chi connectivity index (χ1) is 11.7. The largest absolute Gasteiger partial charge is 0.493 e. The molecule has 0 bridgehead atoms. The van der Waals surface area contributed by atoms with Crippen LogP contribution >= 0.6 is 11.8 Å². The predicted molar refractivity (Wildman–Crippen MR) is 93.9 cm³/mol.